The molecule has 160 valence electrons. The average Bonchev–Trinajstić information content (AvgIpc) is 3.05. The summed E-state index contributed by atoms with van der Waals surface area (Å²) in [5, 5.41) is 5.36. The third-order valence-corrected chi connectivity index (χ3v) is 6.90. The molecule has 0 spiro atoms. The van der Waals surface area contributed by atoms with E-state index in [4.69, 9.17) is 0 Å². The first kappa shape index (κ1) is 21.2. The lowest BCUT2D eigenvalue weighted by Gasteiger charge is -2.19. The number of hydrogen-bond donors (Lipinski definition) is 0. The molecule has 2 aromatic heterocycles. The van der Waals surface area contributed by atoms with Crippen molar-refractivity contribution in [2.75, 3.05) is 0 Å². The summed E-state index contributed by atoms with van der Waals surface area (Å²) >= 11 is 0. The van der Waals surface area contributed by atoms with Gasteiger partial charge < -0.3 is 0 Å². The molecule has 0 aliphatic heterocycles. The predicted octanol–water partition coefficient (Wildman–Crippen LogP) is 5.14. The number of nitrogens with zero attached hydrogens (tertiary/aromatic N) is 3. The maximum atomic E-state index is 14.8. The van der Waals surface area contributed by atoms with Gasteiger partial charge in [0.2, 0.25) is 0 Å². The normalized spacial score (nSPS) is 12.4. The third-order valence-electron chi connectivity index (χ3n) is 5.23. The van der Waals surface area contributed by atoms with E-state index in [9.17, 15) is 12.8 Å². The van der Waals surface area contributed by atoms with Crippen molar-refractivity contribution in [2.24, 2.45) is 0 Å². The highest BCUT2D eigenvalue weighted by Gasteiger charge is 2.25. The first-order valence-electron chi connectivity index (χ1n) is 9.99. The van der Waals surface area contributed by atoms with Gasteiger partial charge in [0, 0.05) is 11.6 Å². The summed E-state index contributed by atoms with van der Waals surface area (Å²) in [6.07, 6.45) is 1.70. The Morgan fingerprint density at radius 3 is 2.52 bits per heavy atom. The molecule has 7 heteroatoms. The number of halogens is 1. The van der Waals surface area contributed by atoms with Crippen LogP contribution in [0.2, 0.25) is 0 Å². The summed E-state index contributed by atoms with van der Waals surface area (Å²) in [5.74, 6) is -1.10. The first-order chi connectivity index (χ1) is 14.6. The van der Waals surface area contributed by atoms with Gasteiger partial charge in [0.25, 0.3) is 0 Å². The predicted molar refractivity (Wildman–Crippen MR) is 120 cm³/mol. The number of aryl methyl sites for hydroxylation is 1. The van der Waals surface area contributed by atoms with Crippen LogP contribution in [0.15, 0.2) is 65.7 Å². The van der Waals surface area contributed by atoms with Crippen molar-refractivity contribution in [1.82, 2.24) is 14.8 Å². The van der Waals surface area contributed by atoms with Gasteiger partial charge in [-0.25, -0.2) is 17.5 Å². The molecule has 0 unspecified atom stereocenters. The van der Waals surface area contributed by atoms with E-state index in [1.807, 2.05) is 51.1 Å². The van der Waals surface area contributed by atoms with Crippen molar-refractivity contribution in [3.8, 4) is 5.69 Å². The molecule has 0 saturated heterocycles. The Hall–Kier alpha value is -3.06. The Kier molecular flexibility index (Phi) is 5.17. The summed E-state index contributed by atoms with van der Waals surface area (Å²) in [6.45, 7) is 7.66. The van der Waals surface area contributed by atoms with Gasteiger partial charge >= 0.3 is 0 Å². The van der Waals surface area contributed by atoms with Crippen LogP contribution in [0, 0.1) is 12.7 Å². The molecule has 0 saturated carbocycles. The van der Waals surface area contributed by atoms with Crippen LogP contribution in [0.4, 0.5) is 4.39 Å². The van der Waals surface area contributed by atoms with Gasteiger partial charge in [0.1, 0.15) is 10.7 Å². The Morgan fingerprint density at radius 2 is 1.81 bits per heavy atom. The van der Waals surface area contributed by atoms with Gasteiger partial charge in [0.05, 0.1) is 28.3 Å². The standard InChI is InChI=1S/C24H24FN3O2S/c1-16-13-18(28(27-16)22-9-5-8-21-19(22)7-6-12-26-21)15-31(29,30)23-11-10-17(14-20(23)25)24(2,3)4/h5-14H,15H2,1-4H3. The molecular formula is C24H24FN3O2S. The minimum atomic E-state index is -3.93. The van der Waals surface area contributed by atoms with E-state index in [2.05, 4.69) is 10.1 Å². The molecule has 4 rings (SSSR count). The maximum Gasteiger partial charge on any atom is 0.186 e. The molecule has 4 aromatic rings. The molecule has 0 N–H and O–H groups in total. The van der Waals surface area contributed by atoms with Crippen LogP contribution in [0.5, 0.6) is 0 Å². The van der Waals surface area contributed by atoms with Gasteiger partial charge in [-0.1, -0.05) is 32.9 Å². The summed E-state index contributed by atoms with van der Waals surface area (Å²) in [7, 11) is -3.93. The monoisotopic (exact) mass is 437 g/mol. The number of pyridine rings is 1. The lowest BCUT2D eigenvalue weighted by Crippen LogP contribution is -2.15. The number of sulfone groups is 1. The summed E-state index contributed by atoms with van der Waals surface area (Å²) in [6, 6.07) is 15.4. The zero-order valence-electron chi connectivity index (χ0n) is 17.9. The third kappa shape index (κ3) is 4.10. The van der Waals surface area contributed by atoms with Crippen molar-refractivity contribution >= 4 is 20.7 Å². The van der Waals surface area contributed by atoms with Crippen LogP contribution < -0.4 is 0 Å². The van der Waals surface area contributed by atoms with E-state index in [0.717, 1.165) is 22.2 Å². The van der Waals surface area contributed by atoms with Gasteiger partial charge in [-0.2, -0.15) is 5.10 Å². The van der Waals surface area contributed by atoms with E-state index in [1.165, 1.54) is 12.1 Å². The van der Waals surface area contributed by atoms with Crippen LogP contribution >= 0.6 is 0 Å². The second kappa shape index (κ2) is 7.57. The van der Waals surface area contributed by atoms with E-state index < -0.39 is 15.7 Å². The molecule has 2 heterocycles. The van der Waals surface area contributed by atoms with Gasteiger partial charge in [-0.05, 0) is 60.4 Å². The highest BCUT2D eigenvalue weighted by atomic mass is 32.2. The minimum absolute atomic E-state index is 0.277. The molecular weight excluding hydrogens is 413 g/mol. The molecule has 0 bridgehead atoms. The molecule has 0 amide bonds. The highest BCUT2D eigenvalue weighted by molar-refractivity contribution is 7.90. The zero-order chi connectivity index (χ0) is 22.4. The molecule has 0 atom stereocenters. The molecule has 5 nitrogen and oxygen atoms in total. The fraction of sp³-hybridized carbons (Fsp3) is 0.250. The summed E-state index contributed by atoms with van der Waals surface area (Å²) < 4.78 is 42.7. The molecule has 0 radical (unpaired) electrons. The number of aromatic nitrogens is 3. The fourth-order valence-corrected chi connectivity index (χ4v) is 5.01. The zero-order valence-corrected chi connectivity index (χ0v) is 18.7. The van der Waals surface area contributed by atoms with Crippen LogP contribution in [-0.2, 0) is 21.0 Å². The number of rotatable bonds is 4. The molecule has 2 aromatic carbocycles. The summed E-state index contributed by atoms with van der Waals surface area (Å²) in [5.41, 5.74) is 3.12. The van der Waals surface area contributed by atoms with Crippen LogP contribution in [0.3, 0.4) is 0 Å². The van der Waals surface area contributed by atoms with E-state index in [-0.39, 0.29) is 16.1 Å². The fourth-order valence-electron chi connectivity index (χ4n) is 3.63. The topological polar surface area (TPSA) is 64.8 Å². The first-order valence-corrected chi connectivity index (χ1v) is 11.6. The minimum Gasteiger partial charge on any atom is -0.256 e. The Balaban J connectivity index is 1.78. The van der Waals surface area contributed by atoms with E-state index in [1.54, 1.807) is 29.9 Å². The van der Waals surface area contributed by atoms with Crippen molar-refractivity contribution in [2.45, 2.75) is 43.8 Å². The molecule has 0 fully saturated rings. The van der Waals surface area contributed by atoms with Crippen LogP contribution in [0.1, 0.15) is 37.7 Å². The Morgan fingerprint density at radius 1 is 1.03 bits per heavy atom. The molecule has 0 aliphatic carbocycles. The quantitative estimate of drug-likeness (QED) is 0.443. The second-order valence-corrected chi connectivity index (χ2v) is 10.6. The van der Waals surface area contributed by atoms with Gasteiger partial charge in [-0.3, -0.25) is 4.98 Å². The number of hydrogen-bond acceptors (Lipinski definition) is 4. The van der Waals surface area contributed by atoms with Crippen molar-refractivity contribution < 1.29 is 12.8 Å². The molecule has 0 aliphatic rings. The Bertz CT molecular complexity index is 1380. The summed E-state index contributed by atoms with van der Waals surface area (Å²) in [4.78, 5) is 4.06. The van der Waals surface area contributed by atoms with Crippen LogP contribution in [0.25, 0.3) is 16.6 Å². The smallest absolute Gasteiger partial charge is 0.186 e. The molecule has 31 heavy (non-hydrogen) atoms. The highest BCUT2D eigenvalue weighted by Crippen LogP contribution is 2.28. The lowest BCUT2D eigenvalue weighted by atomic mass is 9.87. The largest absolute Gasteiger partial charge is 0.256 e. The van der Waals surface area contributed by atoms with Crippen molar-refractivity contribution in [3.63, 3.8) is 0 Å². The van der Waals surface area contributed by atoms with Gasteiger partial charge in [-0.15, -0.1) is 0 Å². The SMILES string of the molecule is Cc1cc(CS(=O)(=O)c2ccc(C(C)(C)C)cc2F)n(-c2cccc3ncccc23)n1. The van der Waals surface area contributed by atoms with E-state index >= 15 is 0 Å². The number of fused-ring (bicyclic) bond motifs is 1. The Labute approximate surface area is 181 Å². The number of benzene rings is 2. The van der Waals surface area contributed by atoms with Gasteiger partial charge in [0.15, 0.2) is 9.84 Å². The van der Waals surface area contributed by atoms with Crippen LogP contribution in [-0.4, -0.2) is 23.2 Å². The van der Waals surface area contributed by atoms with Crippen molar-refractivity contribution in [1.29, 1.82) is 0 Å². The average molecular weight is 438 g/mol. The lowest BCUT2D eigenvalue weighted by molar-refractivity contribution is 0.548. The maximum absolute atomic E-state index is 14.8. The van der Waals surface area contributed by atoms with E-state index in [0.29, 0.717) is 11.4 Å². The van der Waals surface area contributed by atoms with Crippen molar-refractivity contribution in [3.05, 3.63) is 83.6 Å². The second-order valence-electron chi connectivity index (χ2n) is 8.69.